The first-order valence-electron chi connectivity index (χ1n) is 9.27. The molecule has 2 aromatic heterocycles. The minimum Gasteiger partial charge on any atom is -0.340 e. The predicted octanol–water partition coefficient (Wildman–Crippen LogP) is 2.30. The summed E-state index contributed by atoms with van der Waals surface area (Å²) in [5.74, 6) is 2.00. The fourth-order valence-corrected chi connectivity index (χ4v) is 4.44. The molecule has 3 fully saturated rings. The summed E-state index contributed by atoms with van der Waals surface area (Å²) in [6, 6.07) is 1.66. The van der Waals surface area contributed by atoms with Gasteiger partial charge >= 0.3 is 0 Å². The summed E-state index contributed by atoms with van der Waals surface area (Å²) < 4.78 is 0. The van der Waals surface area contributed by atoms with Crippen LogP contribution in [-0.4, -0.2) is 46.0 Å². The molecular weight excluding hydrogens is 334 g/mol. The lowest BCUT2D eigenvalue weighted by atomic mass is 10.3. The van der Waals surface area contributed by atoms with E-state index in [0.29, 0.717) is 5.92 Å². The molecule has 1 saturated heterocycles. The molecule has 0 spiro atoms. The Hall–Kier alpha value is -1.73. The molecule has 1 N–H and O–H groups in total. The highest BCUT2D eigenvalue weighted by atomic mass is 32.1. The van der Waals surface area contributed by atoms with Crippen molar-refractivity contribution in [3.8, 4) is 0 Å². The number of anilines is 1. The summed E-state index contributed by atoms with van der Waals surface area (Å²) in [5, 5.41) is 3.55. The molecule has 5 rings (SSSR count). The second kappa shape index (κ2) is 6.21. The summed E-state index contributed by atoms with van der Waals surface area (Å²) in [6.45, 7) is 4.69. The van der Waals surface area contributed by atoms with E-state index in [2.05, 4.69) is 20.2 Å². The Morgan fingerprint density at radius 2 is 1.84 bits per heavy atom. The molecule has 2 aliphatic carbocycles. The number of hydrogen-bond donors (Lipinski definition) is 1. The SMILES string of the molecule is O=c1cc(C2CC2)nc(N2CCN(Cc3csc(C4CC4)n3)CC2)[nH]1. The number of H-pyrrole nitrogens is 1. The van der Waals surface area contributed by atoms with E-state index < -0.39 is 0 Å². The van der Waals surface area contributed by atoms with Crippen molar-refractivity contribution in [1.82, 2.24) is 19.9 Å². The molecular formula is C18H23N5OS. The molecule has 3 aliphatic rings. The van der Waals surface area contributed by atoms with Gasteiger partial charge in [0, 0.05) is 56.0 Å². The van der Waals surface area contributed by atoms with Crippen LogP contribution < -0.4 is 10.5 Å². The van der Waals surface area contributed by atoms with Gasteiger partial charge in [-0.3, -0.25) is 14.7 Å². The average Bonchev–Trinajstić information content (AvgIpc) is 3.53. The zero-order valence-corrected chi connectivity index (χ0v) is 15.1. The van der Waals surface area contributed by atoms with Crippen molar-refractivity contribution in [1.29, 1.82) is 0 Å². The van der Waals surface area contributed by atoms with Crippen molar-refractivity contribution < 1.29 is 0 Å². The first kappa shape index (κ1) is 15.5. The van der Waals surface area contributed by atoms with Gasteiger partial charge in [-0.15, -0.1) is 11.3 Å². The second-order valence-corrected chi connectivity index (χ2v) is 8.37. The summed E-state index contributed by atoms with van der Waals surface area (Å²) in [6.07, 6.45) is 4.97. The minimum atomic E-state index is -0.0237. The van der Waals surface area contributed by atoms with Gasteiger partial charge in [0.2, 0.25) is 5.95 Å². The highest BCUT2D eigenvalue weighted by Crippen LogP contribution is 2.41. The zero-order valence-electron chi connectivity index (χ0n) is 14.3. The van der Waals surface area contributed by atoms with Gasteiger partial charge in [-0.1, -0.05) is 0 Å². The van der Waals surface area contributed by atoms with E-state index in [0.717, 1.165) is 50.3 Å². The number of rotatable bonds is 5. The van der Waals surface area contributed by atoms with E-state index in [-0.39, 0.29) is 5.56 Å². The molecule has 0 radical (unpaired) electrons. The van der Waals surface area contributed by atoms with Gasteiger partial charge in [-0.25, -0.2) is 9.97 Å². The number of piperazine rings is 1. The Balaban J connectivity index is 1.21. The maximum atomic E-state index is 11.9. The van der Waals surface area contributed by atoms with E-state index >= 15 is 0 Å². The van der Waals surface area contributed by atoms with E-state index in [1.165, 1.54) is 36.4 Å². The zero-order chi connectivity index (χ0) is 16.8. The normalized spacial score (nSPS) is 21.7. The fraction of sp³-hybridized carbons (Fsp3) is 0.611. The quantitative estimate of drug-likeness (QED) is 0.889. The van der Waals surface area contributed by atoms with Gasteiger partial charge < -0.3 is 4.90 Å². The van der Waals surface area contributed by atoms with Gasteiger partial charge in [0.05, 0.1) is 16.4 Å². The van der Waals surface area contributed by atoms with Gasteiger partial charge in [0.1, 0.15) is 0 Å². The molecule has 2 aromatic rings. The van der Waals surface area contributed by atoms with Crippen LogP contribution in [0, 0.1) is 0 Å². The highest BCUT2D eigenvalue weighted by Gasteiger charge is 2.28. The minimum absolute atomic E-state index is 0.0237. The van der Waals surface area contributed by atoms with Crippen LogP contribution in [0.3, 0.4) is 0 Å². The number of thiazole rings is 1. The molecule has 0 atom stereocenters. The third-order valence-corrected chi connectivity index (χ3v) is 6.35. The van der Waals surface area contributed by atoms with Gasteiger partial charge in [-0.05, 0) is 25.7 Å². The van der Waals surface area contributed by atoms with Crippen molar-refractivity contribution in [3.63, 3.8) is 0 Å². The second-order valence-electron chi connectivity index (χ2n) is 7.48. The maximum absolute atomic E-state index is 11.9. The lowest BCUT2D eigenvalue weighted by Gasteiger charge is -2.34. The number of nitrogens with zero attached hydrogens (tertiary/aromatic N) is 4. The maximum Gasteiger partial charge on any atom is 0.252 e. The summed E-state index contributed by atoms with van der Waals surface area (Å²) >= 11 is 1.82. The van der Waals surface area contributed by atoms with Crippen molar-refractivity contribution in [2.45, 2.75) is 44.1 Å². The molecule has 0 amide bonds. The van der Waals surface area contributed by atoms with Crippen molar-refractivity contribution in [3.05, 3.63) is 38.2 Å². The predicted molar refractivity (Wildman–Crippen MR) is 98.4 cm³/mol. The van der Waals surface area contributed by atoms with Crippen LogP contribution in [0.15, 0.2) is 16.2 Å². The topological polar surface area (TPSA) is 65.1 Å². The third kappa shape index (κ3) is 3.48. The molecule has 0 bridgehead atoms. The molecule has 0 unspecified atom stereocenters. The third-order valence-electron chi connectivity index (χ3n) is 5.30. The van der Waals surface area contributed by atoms with Crippen molar-refractivity contribution in [2.75, 3.05) is 31.1 Å². The largest absolute Gasteiger partial charge is 0.340 e. The monoisotopic (exact) mass is 357 g/mol. The molecule has 7 heteroatoms. The lowest BCUT2D eigenvalue weighted by molar-refractivity contribution is 0.246. The molecule has 132 valence electrons. The summed E-state index contributed by atoms with van der Waals surface area (Å²) in [4.78, 5) is 29.0. The average molecular weight is 357 g/mol. The Labute approximate surface area is 150 Å². The summed E-state index contributed by atoms with van der Waals surface area (Å²) in [5.41, 5.74) is 2.16. The van der Waals surface area contributed by atoms with Gasteiger partial charge in [0.15, 0.2) is 0 Å². The summed E-state index contributed by atoms with van der Waals surface area (Å²) in [7, 11) is 0. The van der Waals surface area contributed by atoms with Crippen LogP contribution in [0.4, 0.5) is 5.95 Å². The Morgan fingerprint density at radius 1 is 1.08 bits per heavy atom. The number of aromatic nitrogens is 3. The smallest absolute Gasteiger partial charge is 0.252 e. The molecule has 6 nitrogen and oxygen atoms in total. The standard InChI is InChI=1S/C18H23N5OS/c24-16-9-15(12-1-2-12)20-18(21-16)23-7-5-22(6-8-23)10-14-11-25-17(19-14)13-3-4-13/h9,11-13H,1-8,10H2,(H,20,21,24). The van der Waals surface area contributed by atoms with Crippen molar-refractivity contribution in [2.24, 2.45) is 0 Å². The number of nitrogens with one attached hydrogen (secondary N) is 1. The van der Waals surface area contributed by atoms with E-state index in [1.54, 1.807) is 6.07 Å². The van der Waals surface area contributed by atoms with Crippen LogP contribution in [0.2, 0.25) is 0 Å². The number of aromatic amines is 1. The molecule has 25 heavy (non-hydrogen) atoms. The van der Waals surface area contributed by atoms with Crippen molar-refractivity contribution >= 4 is 17.3 Å². The lowest BCUT2D eigenvalue weighted by Crippen LogP contribution is -2.47. The molecule has 2 saturated carbocycles. The van der Waals surface area contributed by atoms with Crippen LogP contribution in [0.25, 0.3) is 0 Å². The first-order valence-corrected chi connectivity index (χ1v) is 10.2. The molecule has 3 heterocycles. The van der Waals surface area contributed by atoms with Gasteiger partial charge in [0.25, 0.3) is 5.56 Å². The molecule has 1 aliphatic heterocycles. The Morgan fingerprint density at radius 3 is 2.56 bits per heavy atom. The fourth-order valence-electron chi connectivity index (χ4n) is 3.46. The number of hydrogen-bond acceptors (Lipinski definition) is 6. The van der Waals surface area contributed by atoms with E-state index in [1.807, 2.05) is 11.3 Å². The van der Waals surface area contributed by atoms with Crippen LogP contribution >= 0.6 is 11.3 Å². The van der Waals surface area contributed by atoms with Gasteiger partial charge in [-0.2, -0.15) is 0 Å². The van der Waals surface area contributed by atoms with E-state index in [9.17, 15) is 4.79 Å². The van der Waals surface area contributed by atoms with Crippen LogP contribution in [0.1, 0.15) is 53.9 Å². The first-order chi connectivity index (χ1) is 12.2. The van der Waals surface area contributed by atoms with Crippen LogP contribution in [0.5, 0.6) is 0 Å². The Kier molecular flexibility index (Phi) is 3.86. The Bertz CT molecular complexity index is 815. The van der Waals surface area contributed by atoms with Crippen LogP contribution in [-0.2, 0) is 6.54 Å². The van der Waals surface area contributed by atoms with E-state index in [4.69, 9.17) is 9.97 Å². The highest BCUT2D eigenvalue weighted by molar-refractivity contribution is 7.09. The molecule has 0 aromatic carbocycles.